The van der Waals surface area contributed by atoms with Gasteiger partial charge in [0, 0.05) is 36.1 Å². The first-order chi connectivity index (χ1) is 15.9. The molecule has 0 saturated heterocycles. The number of carbonyl (C=O) groups excluding carboxylic acids is 1. The molecule has 1 aliphatic rings. The molecule has 7 heteroatoms. The Morgan fingerprint density at radius 2 is 2.03 bits per heavy atom. The fourth-order valence-corrected chi connectivity index (χ4v) is 4.14. The molecule has 0 radical (unpaired) electrons. The van der Waals surface area contributed by atoms with Gasteiger partial charge < -0.3 is 15.2 Å². The third-order valence-electron chi connectivity index (χ3n) is 5.94. The van der Waals surface area contributed by atoms with Crippen LogP contribution in [0.25, 0.3) is 26.8 Å². The lowest BCUT2D eigenvalue weighted by atomic mass is 9.94. The predicted molar refractivity (Wildman–Crippen MR) is 139 cm³/mol. The second-order valence-corrected chi connectivity index (χ2v) is 10.3. The Morgan fingerprint density at radius 1 is 1.21 bits per heavy atom. The Balaban J connectivity index is 0.000000385. The highest BCUT2D eigenvalue weighted by Gasteiger charge is 2.15. The molecular formula is C26H31N5OS. The van der Waals surface area contributed by atoms with Crippen LogP contribution in [-0.2, 0) is 4.79 Å². The molecule has 5 rings (SSSR count). The zero-order valence-corrected chi connectivity index (χ0v) is 20.5. The molecule has 33 heavy (non-hydrogen) atoms. The Kier molecular flexibility index (Phi) is 6.79. The number of amides is 1. The second kappa shape index (κ2) is 9.75. The Morgan fingerprint density at radius 3 is 2.73 bits per heavy atom. The van der Waals surface area contributed by atoms with Crippen molar-refractivity contribution >= 4 is 55.9 Å². The third kappa shape index (κ3) is 5.60. The first-order valence-corrected chi connectivity index (χ1v) is 12.2. The number of benzene rings is 1. The molecule has 0 fully saturated rings. The molecule has 4 aromatic rings. The third-order valence-corrected chi connectivity index (χ3v) is 6.73. The normalized spacial score (nSPS) is 14.1. The second-order valence-electron chi connectivity index (χ2n) is 9.46. The van der Waals surface area contributed by atoms with E-state index in [9.17, 15) is 4.79 Å². The van der Waals surface area contributed by atoms with E-state index >= 15 is 0 Å². The van der Waals surface area contributed by atoms with Gasteiger partial charge in [-0.2, -0.15) is 0 Å². The van der Waals surface area contributed by atoms with Crippen molar-refractivity contribution < 1.29 is 4.79 Å². The molecule has 0 saturated carbocycles. The first kappa shape index (κ1) is 23.0. The van der Waals surface area contributed by atoms with Gasteiger partial charge in [0.05, 0.1) is 21.4 Å². The minimum Gasteiger partial charge on any atom is -0.355 e. The summed E-state index contributed by atoms with van der Waals surface area (Å²) in [6.45, 7) is 10.3. The molecule has 1 amide bonds. The van der Waals surface area contributed by atoms with Crippen molar-refractivity contribution in [1.29, 1.82) is 0 Å². The summed E-state index contributed by atoms with van der Waals surface area (Å²) < 4.78 is 1.16. The number of aromatic amines is 1. The molecule has 0 unspecified atom stereocenters. The van der Waals surface area contributed by atoms with Crippen molar-refractivity contribution in [2.45, 2.75) is 40.5 Å². The summed E-state index contributed by atoms with van der Waals surface area (Å²) in [4.78, 5) is 24.9. The number of hydrogen-bond acceptors (Lipinski definition) is 5. The van der Waals surface area contributed by atoms with E-state index in [1.165, 1.54) is 12.0 Å². The molecule has 0 aliphatic carbocycles. The van der Waals surface area contributed by atoms with Crippen LogP contribution in [0.4, 0.5) is 11.4 Å². The smallest absolute Gasteiger partial charge is 0.209 e. The molecular weight excluding hydrogens is 430 g/mol. The maximum atomic E-state index is 10.9. The number of nitrogens with one attached hydrogen (secondary N) is 2. The molecule has 1 aliphatic heterocycles. The molecule has 172 valence electrons. The van der Waals surface area contributed by atoms with Gasteiger partial charge in [-0.15, -0.1) is 11.3 Å². The Bertz CT molecular complexity index is 1280. The van der Waals surface area contributed by atoms with Crippen LogP contribution in [0.15, 0.2) is 48.1 Å². The van der Waals surface area contributed by atoms with Crippen LogP contribution < -0.4 is 5.32 Å². The van der Waals surface area contributed by atoms with E-state index in [1.807, 2.05) is 23.7 Å². The number of thiazole rings is 1. The van der Waals surface area contributed by atoms with Crippen molar-refractivity contribution in [3.8, 4) is 0 Å². The molecule has 0 atom stereocenters. The number of carbonyl (C=O) groups is 1. The summed E-state index contributed by atoms with van der Waals surface area (Å²) in [6, 6.07) is 10.3. The van der Waals surface area contributed by atoms with Gasteiger partial charge in [-0.05, 0) is 47.7 Å². The van der Waals surface area contributed by atoms with E-state index in [0.29, 0.717) is 12.0 Å². The number of fused-ring (bicyclic) bond motifs is 2. The molecule has 1 aromatic carbocycles. The van der Waals surface area contributed by atoms with Crippen molar-refractivity contribution in [2.24, 2.45) is 5.41 Å². The Hall–Kier alpha value is -3.19. The van der Waals surface area contributed by atoms with Gasteiger partial charge in [0.1, 0.15) is 5.65 Å². The van der Waals surface area contributed by atoms with Crippen LogP contribution in [0.5, 0.6) is 0 Å². The van der Waals surface area contributed by atoms with Gasteiger partial charge in [-0.1, -0.05) is 40.2 Å². The molecule has 0 spiro atoms. The number of rotatable bonds is 4. The highest BCUT2D eigenvalue weighted by molar-refractivity contribution is 7.16. The van der Waals surface area contributed by atoms with E-state index in [1.54, 1.807) is 22.4 Å². The van der Waals surface area contributed by atoms with Crippen molar-refractivity contribution in [3.05, 3.63) is 53.8 Å². The zero-order valence-electron chi connectivity index (χ0n) is 19.7. The van der Waals surface area contributed by atoms with Gasteiger partial charge in [0.25, 0.3) is 0 Å². The fourth-order valence-electron chi connectivity index (χ4n) is 3.42. The average molecular weight is 462 g/mol. The van der Waals surface area contributed by atoms with Crippen LogP contribution in [0.2, 0.25) is 0 Å². The van der Waals surface area contributed by atoms with E-state index in [2.05, 4.69) is 66.2 Å². The molecule has 4 heterocycles. The van der Waals surface area contributed by atoms with Crippen molar-refractivity contribution in [1.82, 2.24) is 19.9 Å². The number of nitrogens with zero attached hydrogens (tertiary/aromatic N) is 3. The maximum absolute atomic E-state index is 10.9. The number of hydrogen-bond donors (Lipinski definition) is 2. The van der Waals surface area contributed by atoms with Crippen molar-refractivity contribution in [3.63, 3.8) is 0 Å². The summed E-state index contributed by atoms with van der Waals surface area (Å²) in [5.74, 6) is 0. The summed E-state index contributed by atoms with van der Waals surface area (Å²) in [5.41, 5.74) is 8.60. The maximum Gasteiger partial charge on any atom is 0.209 e. The summed E-state index contributed by atoms with van der Waals surface area (Å²) in [6.07, 6.45) is 6.93. The van der Waals surface area contributed by atoms with Crippen LogP contribution in [0.3, 0.4) is 0 Å². The van der Waals surface area contributed by atoms with E-state index in [-0.39, 0.29) is 0 Å². The SMILES string of the molecule is CCC(C)(C)C.O=CN1CC=C(c2cc3c(Nc4ccc5ncsc5c4)ccnc3[nH]2)CC1. The number of H-pyrrole nitrogens is 1. The average Bonchev–Trinajstić information content (AvgIpc) is 3.46. The molecule has 3 aromatic heterocycles. The fraction of sp³-hybridized carbons (Fsp3) is 0.346. The largest absolute Gasteiger partial charge is 0.355 e. The van der Waals surface area contributed by atoms with E-state index in [4.69, 9.17) is 0 Å². The summed E-state index contributed by atoms with van der Waals surface area (Å²) >= 11 is 1.63. The summed E-state index contributed by atoms with van der Waals surface area (Å²) in [5, 5.41) is 4.56. The van der Waals surface area contributed by atoms with E-state index in [0.717, 1.165) is 57.7 Å². The lowest BCUT2D eigenvalue weighted by Crippen LogP contribution is -2.26. The van der Waals surface area contributed by atoms with Crippen LogP contribution in [0.1, 0.15) is 46.2 Å². The topological polar surface area (TPSA) is 73.9 Å². The quantitative estimate of drug-likeness (QED) is 0.336. The van der Waals surface area contributed by atoms with Crippen LogP contribution in [0, 0.1) is 5.41 Å². The number of anilines is 2. The highest BCUT2D eigenvalue weighted by atomic mass is 32.1. The zero-order chi connectivity index (χ0) is 23.4. The first-order valence-electron chi connectivity index (χ1n) is 11.3. The van der Waals surface area contributed by atoms with Crippen LogP contribution in [-0.4, -0.2) is 39.4 Å². The number of aromatic nitrogens is 3. The van der Waals surface area contributed by atoms with Gasteiger partial charge in [0.15, 0.2) is 0 Å². The van der Waals surface area contributed by atoms with Crippen molar-refractivity contribution in [2.75, 3.05) is 18.4 Å². The minimum atomic E-state index is 0.542. The monoisotopic (exact) mass is 461 g/mol. The van der Waals surface area contributed by atoms with Gasteiger partial charge in [0.2, 0.25) is 6.41 Å². The predicted octanol–water partition coefficient (Wildman–Crippen LogP) is 6.60. The highest BCUT2D eigenvalue weighted by Crippen LogP contribution is 2.31. The lowest BCUT2D eigenvalue weighted by molar-refractivity contribution is -0.117. The lowest BCUT2D eigenvalue weighted by Gasteiger charge is -2.21. The minimum absolute atomic E-state index is 0.542. The van der Waals surface area contributed by atoms with Gasteiger partial charge in [-0.3, -0.25) is 4.79 Å². The molecule has 6 nitrogen and oxygen atoms in total. The summed E-state index contributed by atoms with van der Waals surface area (Å²) in [7, 11) is 0. The van der Waals surface area contributed by atoms with Crippen LogP contribution >= 0.6 is 11.3 Å². The Labute approximate surface area is 198 Å². The molecule has 2 N–H and O–H groups in total. The number of pyridine rings is 1. The molecule has 0 bridgehead atoms. The standard InChI is InChI=1S/C20H17N5OS.C6H14/c26-12-25-7-4-13(5-8-25)18-10-15-16(3-6-21-20(15)24-18)23-14-1-2-17-19(9-14)27-11-22-17;1-5-6(2,3)4/h1-4,6,9-12H,5,7-8H2,(H2,21,23,24);5H2,1-4H3. The van der Waals surface area contributed by atoms with Gasteiger partial charge in [-0.25, -0.2) is 9.97 Å². The van der Waals surface area contributed by atoms with Gasteiger partial charge >= 0.3 is 0 Å². The van der Waals surface area contributed by atoms with E-state index < -0.39 is 0 Å².